The second kappa shape index (κ2) is 8.45. The first-order valence-electron chi connectivity index (χ1n) is 8.19. The van der Waals surface area contributed by atoms with Gasteiger partial charge in [-0.3, -0.25) is 9.69 Å². The number of rotatable bonds is 8. The molecule has 2 rings (SSSR count). The summed E-state index contributed by atoms with van der Waals surface area (Å²) in [4.78, 5) is 14.4. The molecule has 0 saturated carbocycles. The Bertz CT molecular complexity index is 596. The number of amides is 1. The monoisotopic (exact) mass is 338 g/mol. The molecule has 1 aliphatic heterocycles. The third-order valence-corrected chi connectivity index (χ3v) is 5.21. The highest BCUT2D eigenvalue weighted by atomic mass is 32.2. The smallest absolute Gasteiger partial charge is 0.220 e. The van der Waals surface area contributed by atoms with Crippen LogP contribution in [-0.2, 0) is 14.6 Å². The van der Waals surface area contributed by atoms with Crippen molar-refractivity contribution in [2.45, 2.75) is 31.7 Å². The van der Waals surface area contributed by atoms with Crippen LogP contribution in [0.4, 0.5) is 0 Å². The van der Waals surface area contributed by atoms with Crippen LogP contribution in [0.15, 0.2) is 30.3 Å². The zero-order valence-corrected chi connectivity index (χ0v) is 14.5. The Labute approximate surface area is 139 Å². The van der Waals surface area contributed by atoms with Gasteiger partial charge < -0.3 is 5.32 Å². The molecule has 1 aromatic rings. The number of carbonyl (C=O) groups is 1. The van der Waals surface area contributed by atoms with Crippen LogP contribution >= 0.6 is 0 Å². The van der Waals surface area contributed by atoms with Crippen molar-refractivity contribution in [1.29, 1.82) is 0 Å². The third kappa shape index (κ3) is 6.31. The predicted molar refractivity (Wildman–Crippen MR) is 91.9 cm³/mol. The van der Waals surface area contributed by atoms with Crippen molar-refractivity contribution in [3.63, 3.8) is 0 Å². The fraction of sp³-hybridized carbons (Fsp3) is 0.588. The highest BCUT2D eigenvalue weighted by Gasteiger charge is 2.23. The summed E-state index contributed by atoms with van der Waals surface area (Å²) in [6.07, 6.45) is 4.24. The molecular formula is C17H26N2O3S. The van der Waals surface area contributed by atoms with E-state index in [4.69, 9.17) is 0 Å². The predicted octanol–water partition coefficient (Wildman–Crippen LogP) is 1.76. The molecule has 0 spiro atoms. The fourth-order valence-corrected chi connectivity index (χ4v) is 3.65. The molecule has 1 amide bonds. The minimum Gasteiger partial charge on any atom is -0.354 e. The van der Waals surface area contributed by atoms with Gasteiger partial charge in [-0.05, 0) is 37.9 Å². The normalized spacial score (nSPS) is 17.1. The van der Waals surface area contributed by atoms with E-state index < -0.39 is 9.84 Å². The SMILES string of the molecule is CS(=O)(=O)CCCC(=O)NCC(c1ccccc1)N1CCCC1. The van der Waals surface area contributed by atoms with E-state index in [1.165, 1.54) is 24.7 Å². The quantitative estimate of drug-likeness (QED) is 0.784. The molecule has 1 heterocycles. The van der Waals surface area contributed by atoms with Gasteiger partial charge in [0.2, 0.25) is 5.91 Å². The van der Waals surface area contributed by atoms with Crippen molar-refractivity contribution >= 4 is 15.7 Å². The molecule has 128 valence electrons. The molecule has 1 N–H and O–H groups in total. The number of likely N-dealkylation sites (tertiary alicyclic amines) is 1. The Morgan fingerprint density at radius 1 is 1.22 bits per heavy atom. The zero-order chi connectivity index (χ0) is 16.7. The van der Waals surface area contributed by atoms with Crippen LogP contribution < -0.4 is 5.32 Å². The molecule has 1 aliphatic rings. The van der Waals surface area contributed by atoms with Gasteiger partial charge in [-0.25, -0.2) is 8.42 Å². The van der Waals surface area contributed by atoms with Crippen molar-refractivity contribution in [2.24, 2.45) is 0 Å². The maximum Gasteiger partial charge on any atom is 0.220 e. The summed E-state index contributed by atoms with van der Waals surface area (Å²) in [7, 11) is -3.00. The van der Waals surface area contributed by atoms with E-state index in [0.29, 0.717) is 13.0 Å². The van der Waals surface area contributed by atoms with Crippen LogP contribution in [0.25, 0.3) is 0 Å². The van der Waals surface area contributed by atoms with Crippen LogP contribution in [-0.4, -0.2) is 50.9 Å². The average molecular weight is 338 g/mol. The van der Waals surface area contributed by atoms with Gasteiger partial charge >= 0.3 is 0 Å². The lowest BCUT2D eigenvalue weighted by atomic mass is 10.1. The van der Waals surface area contributed by atoms with E-state index in [0.717, 1.165) is 13.1 Å². The minimum atomic E-state index is -3.00. The molecule has 1 unspecified atom stereocenters. The van der Waals surface area contributed by atoms with E-state index in [1.807, 2.05) is 18.2 Å². The average Bonchev–Trinajstić information content (AvgIpc) is 3.01. The van der Waals surface area contributed by atoms with Gasteiger partial charge in [0, 0.05) is 19.2 Å². The molecule has 6 heteroatoms. The van der Waals surface area contributed by atoms with E-state index in [2.05, 4.69) is 22.3 Å². The highest BCUT2D eigenvalue weighted by molar-refractivity contribution is 7.90. The minimum absolute atomic E-state index is 0.0641. The van der Waals surface area contributed by atoms with E-state index in [9.17, 15) is 13.2 Å². The van der Waals surface area contributed by atoms with Crippen LogP contribution in [0, 0.1) is 0 Å². The number of hydrogen-bond donors (Lipinski definition) is 1. The Hall–Kier alpha value is -1.40. The van der Waals surface area contributed by atoms with E-state index in [-0.39, 0.29) is 24.1 Å². The van der Waals surface area contributed by atoms with Crippen molar-refractivity contribution in [2.75, 3.05) is 31.6 Å². The van der Waals surface area contributed by atoms with Gasteiger partial charge in [-0.1, -0.05) is 30.3 Å². The Morgan fingerprint density at radius 3 is 2.48 bits per heavy atom. The summed E-state index contributed by atoms with van der Waals surface area (Å²) >= 11 is 0. The number of nitrogens with zero attached hydrogens (tertiary/aromatic N) is 1. The summed E-state index contributed by atoms with van der Waals surface area (Å²) in [6, 6.07) is 10.4. The van der Waals surface area contributed by atoms with E-state index in [1.54, 1.807) is 0 Å². The molecule has 1 aromatic carbocycles. The summed E-state index contributed by atoms with van der Waals surface area (Å²) < 4.78 is 22.2. The van der Waals surface area contributed by atoms with Crippen LogP contribution in [0.3, 0.4) is 0 Å². The van der Waals surface area contributed by atoms with Gasteiger partial charge in [-0.15, -0.1) is 0 Å². The first-order valence-corrected chi connectivity index (χ1v) is 10.3. The van der Waals surface area contributed by atoms with Crippen molar-refractivity contribution in [3.05, 3.63) is 35.9 Å². The molecular weight excluding hydrogens is 312 g/mol. The largest absolute Gasteiger partial charge is 0.354 e. The molecule has 0 aromatic heterocycles. The number of sulfone groups is 1. The number of nitrogens with one attached hydrogen (secondary N) is 1. The number of benzene rings is 1. The molecule has 0 radical (unpaired) electrons. The molecule has 0 aliphatic carbocycles. The van der Waals surface area contributed by atoms with Crippen molar-refractivity contribution in [3.8, 4) is 0 Å². The van der Waals surface area contributed by atoms with Gasteiger partial charge in [0.15, 0.2) is 0 Å². The maximum atomic E-state index is 12.0. The lowest BCUT2D eigenvalue weighted by Gasteiger charge is -2.28. The molecule has 5 nitrogen and oxygen atoms in total. The summed E-state index contributed by atoms with van der Waals surface area (Å²) in [5.41, 5.74) is 1.21. The maximum absolute atomic E-state index is 12.0. The van der Waals surface area contributed by atoms with Gasteiger partial charge in [-0.2, -0.15) is 0 Å². The van der Waals surface area contributed by atoms with Crippen LogP contribution in [0.5, 0.6) is 0 Å². The lowest BCUT2D eigenvalue weighted by molar-refractivity contribution is -0.121. The summed E-state index contributed by atoms with van der Waals surface area (Å²) in [5.74, 6) is -0.0111. The second-order valence-electron chi connectivity index (χ2n) is 6.21. The molecule has 0 bridgehead atoms. The highest BCUT2D eigenvalue weighted by Crippen LogP contribution is 2.24. The first kappa shape index (κ1) is 17.9. The summed E-state index contributed by atoms with van der Waals surface area (Å²) in [6.45, 7) is 2.69. The molecule has 1 saturated heterocycles. The molecule has 1 atom stereocenters. The van der Waals surface area contributed by atoms with Gasteiger partial charge in [0.25, 0.3) is 0 Å². The standard InChI is InChI=1S/C17H26N2O3S/c1-23(21,22)13-7-10-17(20)18-14-16(19-11-5-6-12-19)15-8-3-2-4-9-15/h2-4,8-9,16H,5-7,10-14H2,1H3,(H,18,20). The van der Waals surface area contributed by atoms with E-state index >= 15 is 0 Å². The van der Waals surface area contributed by atoms with Crippen molar-refractivity contribution in [1.82, 2.24) is 10.2 Å². The molecule has 23 heavy (non-hydrogen) atoms. The lowest BCUT2D eigenvalue weighted by Crippen LogP contribution is -2.36. The Morgan fingerprint density at radius 2 is 1.87 bits per heavy atom. The summed E-state index contributed by atoms with van der Waals surface area (Å²) in [5, 5.41) is 2.97. The molecule has 1 fully saturated rings. The van der Waals surface area contributed by atoms with Crippen molar-refractivity contribution < 1.29 is 13.2 Å². The second-order valence-corrected chi connectivity index (χ2v) is 8.47. The topological polar surface area (TPSA) is 66.5 Å². The third-order valence-electron chi connectivity index (χ3n) is 4.18. The van der Waals surface area contributed by atoms with Gasteiger partial charge in [0.1, 0.15) is 9.84 Å². The number of carbonyl (C=O) groups excluding carboxylic acids is 1. The fourth-order valence-electron chi connectivity index (χ4n) is 2.98. The zero-order valence-electron chi connectivity index (χ0n) is 13.7. The van der Waals surface area contributed by atoms with Crippen LogP contribution in [0.1, 0.15) is 37.3 Å². The first-order chi connectivity index (χ1) is 11.0. The number of hydrogen-bond acceptors (Lipinski definition) is 4. The Kier molecular flexibility index (Phi) is 6.59. The van der Waals surface area contributed by atoms with Gasteiger partial charge in [0.05, 0.1) is 11.8 Å². The van der Waals surface area contributed by atoms with Crippen LogP contribution in [0.2, 0.25) is 0 Å². The Balaban J connectivity index is 1.87.